The van der Waals surface area contributed by atoms with Crippen molar-refractivity contribution in [2.75, 3.05) is 38.0 Å². The first kappa shape index (κ1) is 20.2. The third-order valence-corrected chi connectivity index (χ3v) is 7.52. The lowest BCUT2D eigenvalue weighted by atomic mass is 10.3. The zero-order chi connectivity index (χ0) is 20.4. The summed E-state index contributed by atoms with van der Waals surface area (Å²) >= 11 is 7.05. The molecule has 8 nitrogen and oxygen atoms in total. The van der Waals surface area contributed by atoms with Crippen LogP contribution >= 0.6 is 23.3 Å². The van der Waals surface area contributed by atoms with Crippen LogP contribution in [0.2, 0.25) is 5.02 Å². The van der Waals surface area contributed by atoms with E-state index in [1.165, 1.54) is 4.31 Å². The number of carbonyl (C=O) groups excluding carboxylic acids is 1. The molecule has 0 atom stereocenters. The molecule has 1 N–H and O–H groups in total. The maximum Gasteiger partial charge on any atom is 0.245 e. The summed E-state index contributed by atoms with van der Waals surface area (Å²) in [6.45, 7) is 1.69. The highest BCUT2D eigenvalue weighted by atomic mass is 35.5. The molecule has 1 fully saturated rings. The SMILES string of the molecule is O=C(CN1CCN(S(=O)(=O)c2cccc3nsnc23)CC1)Nc1ccccc1Cl. The smallest absolute Gasteiger partial charge is 0.245 e. The Bertz CT molecular complexity index is 1140. The Morgan fingerprint density at radius 2 is 1.83 bits per heavy atom. The lowest BCUT2D eigenvalue weighted by Crippen LogP contribution is -2.50. The van der Waals surface area contributed by atoms with Crippen molar-refractivity contribution in [3.63, 3.8) is 0 Å². The first-order valence-corrected chi connectivity index (χ1v) is 11.5. The summed E-state index contributed by atoms with van der Waals surface area (Å²) in [4.78, 5) is 14.4. The third kappa shape index (κ3) is 4.26. The average molecular weight is 452 g/mol. The number of hydrogen-bond acceptors (Lipinski definition) is 7. The van der Waals surface area contributed by atoms with Gasteiger partial charge in [0.05, 0.1) is 29.0 Å². The molecule has 29 heavy (non-hydrogen) atoms. The number of halogens is 1. The summed E-state index contributed by atoms with van der Waals surface area (Å²) in [5, 5.41) is 3.26. The number of para-hydroxylation sites is 1. The lowest BCUT2D eigenvalue weighted by Gasteiger charge is -2.33. The van der Waals surface area contributed by atoms with Gasteiger partial charge in [-0.2, -0.15) is 13.1 Å². The van der Waals surface area contributed by atoms with E-state index in [2.05, 4.69) is 14.1 Å². The molecule has 1 amide bonds. The molecule has 1 saturated heterocycles. The van der Waals surface area contributed by atoms with Gasteiger partial charge in [0.1, 0.15) is 15.9 Å². The van der Waals surface area contributed by atoms with E-state index in [1.807, 2.05) is 4.90 Å². The van der Waals surface area contributed by atoms with Gasteiger partial charge in [-0.25, -0.2) is 8.42 Å². The van der Waals surface area contributed by atoms with E-state index in [-0.39, 0.29) is 17.3 Å². The number of benzene rings is 2. The highest BCUT2D eigenvalue weighted by Gasteiger charge is 2.31. The number of amides is 1. The van der Waals surface area contributed by atoms with Crippen molar-refractivity contribution in [2.45, 2.75) is 4.90 Å². The van der Waals surface area contributed by atoms with Gasteiger partial charge in [0.25, 0.3) is 0 Å². The van der Waals surface area contributed by atoms with Crippen molar-refractivity contribution in [3.05, 3.63) is 47.5 Å². The number of aromatic nitrogens is 2. The molecule has 0 aliphatic carbocycles. The van der Waals surface area contributed by atoms with Crippen molar-refractivity contribution < 1.29 is 13.2 Å². The summed E-state index contributed by atoms with van der Waals surface area (Å²) in [5.41, 5.74) is 1.54. The van der Waals surface area contributed by atoms with Crippen LogP contribution in [0, 0.1) is 0 Å². The van der Waals surface area contributed by atoms with E-state index < -0.39 is 10.0 Å². The van der Waals surface area contributed by atoms with Crippen LogP contribution in [0.15, 0.2) is 47.4 Å². The van der Waals surface area contributed by atoms with Gasteiger partial charge in [0.15, 0.2) is 0 Å². The molecule has 1 aromatic heterocycles. The predicted molar refractivity (Wildman–Crippen MR) is 113 cm³/mol. The summed E-state index contributed by atoms with van der Waals surface area (Å²) in [5.74, 6) is -0.187. The number of sulfonamides is 1. The lowest BCUT2D eigenvalue weighted by molar-refractivity contribution is -0.117. The molecule has 11 heteroatoms. The second kappa shape index (κ2) is 8.33. The van der Waals surface area contributed by atoms with E-state index in [4.69, 9.17) is 11.6 Å². The standard InChI is InChI=1S/C18H18ClN5O3S2/c19-13-4-1-2-5-14(13)20-17(25)12-23-8-10-24(11-9-23)29(26,27)16-7-3-6-15-18(16)22-28-21-15/h1-7H,8-12H2,(H,20,25). The Balaban J connectivity index is 1.38. The molecular weight excluding hydrogens is 434 g/mol. The molecule has 3 aromatic rings. The van der Waals surface area contributed by atoms with Crippen molar-refractivity contribution in [1.29, 1.82) is 0 Å². The van der Waals surface area contributed by atoms with Gasteiger partial charge in [-0.15, -0.1) is 0 Å². The van der Waals surface area contributed by atoms with Gasteiger partial charge in [-0.05, 0) is 24.3 Å². The van der Waals surface area contributed by atoms with Crippen LogP contribution in [-0.2, 0) is 14.8 Å². The van der Waals surface area contributed by atoms with Gasteiger partial charge in [0.2, 0.25) is 15.9 Å². The maximum atomic E-state index is 13.1. The zero-order valence-electron chi connectivity index (χ0n) is 15.3. The minimum Gasteiger partial charge on any atom is -0.324 e. The van der Waals surface area contributed by atoms with E-state index in [1.54, 1.807) is 42.5 Å². The largest absolute Gasteiger partial charge is 0.324 e. The van der Waals surface area contributed by atoms with Gasteiger partial charge in [-0.3, -0.25) is 9.69 Å². The van der Waals surface area contributed by atoms with Crippen LogP contribution in [0.3, 0.4) is 0 Å². The van der Waals surface area contributed by atoms with Crippen LogP contribution < -0.4 is 5.32 Å². The zero-order valence-corrected chi connectivity index (χ0v) is 17.7. The van der Waals surface area contributed by atoms with Crippen LogP contribution in [0.1, 0.15) is 0 Å². The van der Waals surface area contributed by atoms with Crippen LogP contribution in [0.25, 0.3) is 11.0 Å². The summed E-state index contributed by atoms with van der Waals surface area (Å²) in [6.07, 6.45) is 0. The monoisotopic (exact) mass is 451 g/mol. The fraction of sp³-hybridized carbons (Fsp3) is 0.278. The molecule has 0 unspecified atom stereocenters. The summed E-state index contributed by atoms with van der Waals surface area (Å²) in [6, 6.07) is 12.0. The Morgan fingerprint density at radius 1 is 1.07 bits per heavy atom. The number of nitrogens with one attached hydrogen (secondary N) is 1. The van der Waals surface area contributed by atoms with Crippen molar-refractivity contribution >= 4 is 56.0 Å². The van der Waals surface area contributed by atoms with Crippen LogP contribution in [0.5, 0.6) is 0 Å². The van der Waals surface area contributed by atoms with Crippen molar-refractivity contribution in [3.8, 4) is 0 Å². The van der Waals surface area contributed by atoms with Crippen molar-refractivity contribution in [2.24, 2.45) is 0 Å². The van der Waals surface area contributed by atoms with Gasteiger partial charge in [0, 0.05) is 26.2 Å². The highest BCUT2D eigenvalue weighted by molar-refractivity contribution is 7.89. The number of nitrogens with zero attached hydrogens (tertiary/aromatic N) is 4. The average Bonchev–Trinajstić information content (AvgIpc) is 3.19. The first-order chi connectivity index (χ1) is 13.9. The molecule has 2 aromatic carbocycles. The normalized spacial score (nSPS) is 16.2. The summed E-state index contributed by atoms with van der Waals surface area (Å²) < 4.78 is 35.8. The molecule has 1 aliphatic heterocycles. The quantitative estimate of drug-likeness (QED) is 0.639. The predicted octanol–water partition coefficient (Wildman–Crippen LogP) is 2.29. The molecule has 0 saturated carbocycles. The third-order valence-electron chi connectivity index (χ3n) is 4.71. The molecule has 0 spiro atoms. The van der Waals surface area contributed by atoms with E-state index >= 15 is 0 Å². The fourth-order valence-corrected chi connectivity index (χ4v) is 5.57. The van der Waals surface area contributed by atoms with Gasteiger partial charge >= 0.3 is 0 Å². The number of rotatable bonds is 5. The van der Waals surface area contributed by atoms with Gasteiger partial charge in [-0.1, -0.05) is 29.8 Å². The Hall–Kier alpha value is -2.11. The minimum absolute atomic E-state index is 0.171. The second-order valence-corrected chi connectivity index (χ2v) is 9.44. The van der Waals surface area contributed by atoms with E-state index in [0.717, 1.165) is 11.7 Å². The summed E-state index contributed by atoms with van der Waals surface area (Å²) in [7, 11) is -3.67. The Morgan fingerprint density at radius 3 is 2.59 bits per heavy atom. The minimum atomic E-state index is -3.67. The number of anilines is 1. The van der Waals surface area contributed by atoms with Crippen molar-refractivity contribution in [1.82, 2.24) is 18.0 Å². The van der Waals surface area contributed by atoms with Crippen LogP contribution in [0.4, 0.5) is 5.69 Å². The fourth-order valence-electron chi connectivity index (χ4n) is 3.21. The molecule has 0 radical (unpaired) electrons. The second-order valence-electron chi connectivity index (χ2n) is 6.60. The molecule has 0 bridgehead atoms. The highest BCUT2D eigenvalue weighted by Crippen LogP contribution is 2.25. The Kier molecular flexibility index (Phi) is 5.79. The number of fused-ring (bicyclic) bond motifs is 1. The first-order valence-electron chi connectivity index (χ1n) is 8.93. The number of hydrogen-bond donors (Lipinski definition) is 1. The molecule has 2 heterocycles. The maximum absolute atomic E-state index is 13.1. The molecular formula is C18H18ClN5O3S2. The molecule has 4 rings (SSSR count). The van der Waals surface area contributed by atoms with E-state index in [9.17, 15) is 13.2 Å². The molecule has 1 aliphatic rings. The van der Waals surface area contributed by atoms with Gasteiger partial charge < -0.3 is 5.32 Å². The molecule has 152 valence electrons. The topological polar surface area (TPSA) is 95.5 Å². The van der Waals surface area contributed by atoms with Crippen LogP contribution in [-0.4, -0.2) is 65.0 Å². The Labute approximate surface area is 177 Å². The number of carbonyl (C=O) groups is 1. The number of piperazine rings is 1. The van der Waals surface area contributed by atoms with E-state index in [0.29, 0.717) is 47.9 Å².